The molecule has 154 valence electrons. The van der Waals surface area contributed by atoms with Crippen LogP contribution in [0.2, 0.25) is 0 Å². The molecule has 3 rings (SSSR count). The van der Waals surface area contributed by atoms with Gasteiger partial charge in [0.1, 0.15) is 11.9 Å². The van der Waals surface area contributed by atoms with Crippen molar-refractivity contribution in [2.45, 2.75) is 12.5 Å². The number of hydrogen-bond donors (Lipinski definition) is 4. The van der Waals surface area contributed by atoms with E-state index < -0.39 is 6.04 Å². The van der Waals surface area contributed by atoms with E-state index in [2.05, 4.69) is 15.5 Å². The second-order valence-corrected chi connectivity index (χ2v) is 7.08. The maximum Gasteiger partial charge on any atom is 0.247 e. The van der Waals surface area contributed by atoms with Gasteiger partial charge >= 0.3 is 0 Å². The van der Waals surface area contributed by atoms with Crippen LogP contribution in [0, 0.1) is 5.41 Å². The molecule has 0 aliphatic carbocycles. The van der Waals surface area contributed by atoms with Gasteiger partial charge in [0.25, 0.3) is 0 Å². The zero-order chi connectivity index (χ0) is 20.5. The predicted octanol–water partition coefficient (Wildman–Crippen LogP) is 1.96. The number of nitrogens with two attached hydrogens (primary N) is 1. The smallest absolute Gasteiger partial charge is 0.247 e. The van der Waals surface area contributed by atoms with Gasteiger partial charge in [-0.25, -0.2) is 0 Å². The van der Waals surface area contributed by atoms with E-state index >= 15 is 0 Å². The Morgan fingerprint density at radius 1 is 1.14 bits per heavy atom. The highest BCUT2D eigenvalue weighted by Gasteiger charge is 2.20. The predicted molar refractivity (Wildman–Crippen MR) is 115 cm³/mol. The number of anilines is 1. The molecule has 0 saturated carbocycles. The molecule has 1 atom stereocenters. The zero-order valence-corrected chi connectivity index (χ0v) is 16.6. The van der Waals surface area contributed by atoms with Crippen LogP contribution in [0.4, 0.5) is 5.69 Å². The summed E-state index contributed by atoms with van der Waals surface area (Å²) >= 11 is 0. The highest BCUT2D eigenvalue weighted by Crippen LogP contribution is 2.21. The van der Waals surface area contributed by atoms with Crippen molar-refractivity contribution in [2.24, 2.45) is 5.73 Å². The first-order chi connectivity index (χ1) is 14.1. The first-order valence-corrected chi connectivity index (χ1v) is 9.97. The molecule has 1 fully saturated rings. The van der Waals surface area contributed by atoms with Crippen LogP contribution in [0.3, 0.4) is 0 Å². The zero-order valence-electron chi connectivity index (χ0n) is 16.6. The van der Waals surface area contributed by atoms with Gasteiger partial charge in [0.2, 0.25) is 5.91 Å². The number of nitrogen functional groups attached to an aromatic ring is 1. The number of amidine groups is 1. The third-order valence-electron chi connectivity index (χ3n) is 4.93. The van der Waals surface area contributed by atoms with Crippen molar-refractivity contribution >= 4 is 17.4 Å². The Morgan fingerprint density at radius 3 is 2.62 bits per heavy atom. The number of nitrogens with one attached hydrogen (secondary N) is 3. The van der Waals surface area contributed by atoms with Crippen LogP contribution in [-0.2, 0) is 9.53 Å². The second-order valence-electron chi connectivity index (χ2n) is 7.08. The van der Waals surface area contributed by atoms with Gasteiger partial charge in [0, 0.05) is 30.9 Å². The minimum atomic E-state index is -0.526. The van der Waals surface area contributed by atoms with E-state index in [1.807, 2.05) is 42.5 Å². The SMILES string of the molecule is N=C(N)c1cccc(NC(C(=O)NCCCN2CCOCC2)c2ccccc2)c1. The van der Waals surface area contributed by atoms with Crippen molar-refractivity contribution in [2.75, 3.05) is 44.7 Å². The molecule has 1 aliphatic heterocycles. The third kappa shape index (κ3) is 6.30. The number of ether oxygens (including phenoxy) is 1. The average molecular weight is 396 g/mol. The number of nitrogens with zero attached hydrogens (tertiary/aromatic N) is 1. The first-order valence-electron chi connectivity index (χ1n) is 9.97. The maximum absolute atomic E-state index is 12.9. The summed E-state index contributed by atoms with van der Waals surface area (Å²) in [5.41, 5.74) is 7.84. The van der Waals surface area contributed by atoms with E-state index in [-0.39, 0.29) is 11.7 Å². The number of amides is 1. The number of morpholine rings is 1. The van der Waals surface area contributed by atoms with Gasteiger partial charge < -0.3 is 21.1 Å². The molecule has 0 bridgehead atoms. The summed E-state index contributed by atoms with van der Waals surface area (Å²) in [5.74, 6) is -0.0797. The van der Waals surface area contributed by atoms with Crippen molar-refractivity contribution in [3.8, 4) is 0 Å². The Hall–Kier alpha value is -2.90. The lowest BCUT2D eigenvalue weighted by Gasteiger charge is -2.26. The number of hydrogen-bond acceptors (Lipinski definition) is 5. The summed E-state index contributed by atoms with van der Waals surface area (Å²) in [5, 5.41) is 14.0. The molecule has 1 saturated heterocycles. The Kier molecular flexibility index (Phi) is 7.61. The fourth-order valence-electron chi connectivity index (χ4n) is 3.33. The highest BCUT2D eigenvalue weighted by atomic mass is 16.5. The number of carbonyl (C=O) groups is 1. The van der Waals surface area contributed by atoms with E-state index in [4.69, 9.17) is 15.9 Å². The van der Waals surface area contributed by atoms with E-state index in [0.717, 1.165) is 50.5 Å². The summed E-state index contributed by atoms with van der Waals surface area (Å²) < 4.78 is 5.36. The average Bonchev–Trinajstić information content (AvgIpc) is 2.76. The molecular formula is C22H29N5O2. The van der Waals surface area contributed by atoms with Gasteiger partial charge in [0.05, 0.1) is 13.2 Å². The van der Waals surface area contributed by atoms with Crippen molar-refractivity contribution in [3.63, 3.8) is 0 Å². The Balaban J connectivity index is 1.61. The molecule has 1 aliphatic rings. The molecule has 2 aromatic carbocycles. The monoisotopic (exact) mass is 395 g/mol. The lowest BCUT2D eigenvalue weighted by Crippen LogP contribution is -2.39. The number of carbonyl (C=O) groups excluding carboxylic acids is 1. The Bertz CT molecular complexity index is 806. The van der Waals surface area contributed by atoms with Gasteiger partial charge in [0.15, 0.2) is 0 Å². The molecule has 1 heterocycles. The molecule has 0 radical (unpaired) electrons. The molecule has 29 heavy (non-hydrogen) atoms. The molecule has 2 aromatic rings. The fraction of sp³-hybridized carbons (Fsp3) is 0.364. The maximum atomic E-state index is 12.9. The largest absolute Gasteiger partial charge is 0.384 e. The van der Waals surface area contributed by atoms with Gasteiger partial charge in [-0.3, -0.25) is 15.1 Å². The van der Waals surface area contributed by atoms with Crippen molar-refractivity contribution in [1.82, 2.24) is 10.2 Å². The van der Waals surface area contributed by atoms with E-state index in [1.54, 1.807) is 12.1 Å². The van der Waals surface area contributed by atoms with Gasteiger partial charge in [-0.05, 0) is 30.7 Å². The van der Waals surface area contributed by atoms with Crippen LogP contribution in [0.15, 0.2) is 54.6 Å². The normalized spacial score (nSPS) is 15.4. The van der Waals surface area contributed by atoms with Crippen LogP contribution in [0.25, 0.3) is 0 Å². The van der Waals surface area contributed by atoms with Crippen LogP contribution in [0.5, 0.6) is 0 Å². The highest BCUT2D eigenvalue weighted by molar-refractivity contribution is 5.96. The van der Waals surface area contributed by atoms with Crippen molar-refractivity contribution in [1.29, 1.82) is 5.41 Å². The molecule has 1 amide bonds. The van der Waals surface area contributed by atoms with Gasteiger partial charge in [-0.2, -0.15) is 0 Å². The topological polar surface area (TPSA) is 103 Å². The molecule has 7 heteroatoms. The summed E-state index contributed by atoms with van der Waals surface area (Å²) in [4.78, 5) is 15.3. The molecular weight excluding hydrogens is 366 g/mol. The molecule has 5 N–H and O–H groups in total. The van der Waals surface area contributed by atoms with Crippen LogP contribution in [0.1, 0.15) is 23.6 Å². The van der Waals surface area contributed by atoms with Crippen LogP contribution >= 0.6 is 0 Å². The molecule has 1 unspecified atom stereocenters. The summed E-state index contributed by atoms with van der Waals surface area (Å²) in [6, 6.07) is 16.3. The van der Waals surface area contributed by atoms with E-state index in [9.17, 15) is 4.79 Å². The lowest BCUT2D eigenvalue weighted by atomic mass is 10.1. The third-order valence-corrected chi connectivity index (χ3v) is 4.93. The number of rotatable bonds is 9. The molecule has 7 nitrogen and oxygen atoms in total. The summed E-state index contributed by atoms with van der Waals surface area (Å²) in [7, 11) is 0. The molecule has 0 spiro atoms. The first kappa shape index (κ1) is 20.8. The Labute approximate surface area is 171 Å². The Morgan fingerprint density at radius 2 is 1.90 bits per heavy atom. The van der Waals surface area contributed by atoms with E-state index in [0.29, 0.717) is 12.1 Å². The summed E-state index contributed by atoms with van der Waals surface area (Å²) in [6.07, 6.45) is 0.896. The quantitative estimate of drug-likeness (QED) is 0.295. The standard InChI is InChI=1S/C22H29N5O2/c23-21(24)18-8-4-9-19(16-18)26-20(17-6-2-1-3-7-17)22(28)25-10-5-11-27-12-14-29-15-13-27/h1-4,6-9,16,20,26H,5,10-15H2,(H3,23,24)(H,25,28). The summed E-state index contributed by atoms with van der Waals surface area (Å²) in [6.45, 7) is 5.04. The minimum Gasteiger partial charge on any atom is -0.384 e. The van der Waals surface area contributed by atoms with Crippen LogP contribution in [-0.4, -0.2) is 56.0 Å². The van der Waals surface area contributed by atoms with Gasteiger partial charge in [-0.15, -0.1) is 0 Å². The minimum absolute atomic E-state index is 0.00234. The van der Waals surface area contributed by atoms with Crippen molar-refractivity contribution in [3.05, 3.63) is 65.7 Å². The second kappa shape index (κ2) is 10.6. The number of benzene rings is 2. The van der Waals surface area contributed by atoms with Gasteiger partial charge in [-0.1, -0.05) is 42.5 Å². The van der Waals surface area contributed by atoms with E-state index in [1.165, 1.54) is 0 Å². The lowest BCUT2D eigenvalue weighted by molar-refractivity contribution is -0.122. The van der Waals surface area contributed by atoms with Crippen LogP contribution < -0.4 is 16.4 Å². The van der Waals surface area contributed by atoms with Crippen molar-refractivity contribution < 1.29 is 9.53 Å². The fourth-order valence-corrected chi connectivity index (χ4v) is 3.33. The molecule has 0 aromatic heterocycles.